The van der Waals surface area contributed by atoms with E-state index < -0.39 is 0 Å². The van der Waals surface area contributed by atoms with Gasteiger partial charge in [-0.05, 0) is 5.41 Å². The largest absolute Gasteiger partial charge is 0.373 e. The monoisotopic (exact) mass is 206 g/mol. The summed E-state index contributed by atoms with van der Waals surface area (Å²) in [7, 11) is 0. The van der Waals surface area contributed by atoms with E-state index in [9.17, 15) is 4.79 Å². The highest BCUT2D eigenvalue weighted by Crippen LogP contribution is 2.13. The van der Waals surface area contributed by atoms with Gasteiger partial charge < -0.3 is 4.74 Å². The van der Waals surface area contributed by atoms with Crippen molar-refractivity contribution in [3.05, 3.63) is 35.9 Å². The summed E-state index contributed by atoms with van der Waals surface area (Å²) in [5.74, 6) is 0.0415. The Hall–Kier alpha value is -1.15. The van der Waals surface area contributed by atoms with Gasteiger partial charge in [-0.2, -0.15) is 0 Å². The zero-order valence-corrected chi connectivity index (χ0v) is 9.62. The van der Waals surface area contributed by atoms with E-state index >= 15 is 0 Å². The first kappa shape index (κ1) is 11.9. The second-order valence-corrected chi connectivity index (χ2v) is 4.84. The van der Waals surface area contributed by atoms with Gasteiger partial charge in [0.15, 0.2) is 5.78 Å². The third-order valence-electron chi connectivity index (χ3n) is 1.86. The van der Waals surface area contributed by atoms with Gasteiger partial charge in [0, 0.05) is 5.56 Å². The van der Waals surface area contributed by atoms with E-state index in [0.717, 1.165) is 0 Å². The fourth-order valence-electron chi connectivity index (χ4n) is 1.16. The molecule has 0 spiro atoms. The quantitative estimate of drug-likeness (QED) is 0.708. The van der Waals surface area contributed by atoms with Gasteiger partial charge in [0.05, 0.1) is 6.61 Å². The number of hydrogen-bond donors (Lipinski definition) is 0. The molecular weight excluding hydrogens is 188 g/mol. The fourth-order valence-corrected chi connectivity index (χ4v) is 1.16. The Bertz CT molecular complexity index is 309. The lowest BCUT2D eigenvalue weighted by atomic mass is 9.99. The molecule has 1 aromatic rings. The molecule has 0 aromatic heterocycles. The smallest absolute Gasteiger partial charge is 0.188 e. The van der Waals surface area contributed by atoms with Crippen LogP contribution in [0.3, 0.4) is 0 Å². The molecule has 2 heteroatoms. The molecule has 0 aliphatic heterocycles. The Morgan fingerprint density at radius 1 is 1.20 bits per heavy atom. The summed E-state index contributed by atoms with van der Waals surface area (Å²) in [5.41, 5.74) is 0.822. The molecule has 15 heavy (non-hydrogen) atoms. The molecule has 0 fully saturated rings. The number of ketones is 1. The number of ether oxygens (including phenoxy) is 1. The van der Waals surface area contributed by atoms with E-state index in [4.69, 9.17) is 4.74 Å². The Balaban J connectivity index is 2.38. The number of hydrogen-bond acceptors (Lipinski definition) is 2. The van der Waals surface area contributed by atoms with Crippen LogP contribution in [-0.2, 0) is 4.74 Å². The summed E-state index contributed by atoms with van der Waals surface area (Å²) < 4.78 is 5.36. The van der Waals surface area contributed by atoms with E-state index in [-0.39, 0.29) is 17.8 Å². The lowest BCUT2D eigenvalue weighted by Gasteiger charge is -2.17. The van der Waals surface area contributed by atoms with Crippen LogP contribution in [0.4, 0.5) is 0 Å². The van der Waals surface area contributed by atoms with Gasteiger partial charge in [0.25, 0.3) is 0 Å². The van der Waals surface area contributed by atoms with Crippen molar-refractivity contribution < 1.29 is 9.53 Å². The molecule has 0 bridgehead atoms. The molecule has 1 rings (SSSR count). The van der Waals surface area contributed by atoms with Crippen molar-refractivity contribution in [2.24, 2.45) is 5.41 Å². The normalized spacial score (nSPS) is 11.4. The lowest BCUT2D eigenvalue weighted by molar-refractivity contribution is 0.0564. The van der Waals surface area contributed by atoms with Crippen molar-refractivity contribution in [1.82, 2.24) is 0 Å². The summed E-state index contributed by atoms with van der Waals surface area (Å²) >= 11 is 0. The third-order valence-corrected chi connectivity index (χ3v) is 1.86. The Kier molecular flexibility index (Phi) is 4.04. The maximum absolute atomic E-state index is 11.6. The highest BCUT2D eigenvalue weighted by molar-refractivity contribution is 5.96. The number of carbonyl (C=O) groups excluding carboxylic acids is 1. The number of benzene rings is 1. The Labute approximate surface area is 91.3 Å². The number of Topliss-reactive ketones (excluding diaryl/α,β-unsaturated/α-hetero) is 1. The van der Waals surface area contributed by atoms with Crippen LogP contribution < -0.4 is 0 Å². The van der Waals surface area contributed by atoms with Crippen LogP contribution in [0.25, 0.3) is 0 Å². The molecule has 0 heterocycles. The van der Waals surface area contributed by atoms with E-state index in [1.807, 2.05) is 30.3 Å². The van der Waals surface area contributed by atoms with Gasteiger partial charge in [-0.25, -0.2) is 0 Å². The molecule has 0 radical (unpaired) electrons. The first-order valence-corrected chi connectivity index (χ1v) is 5.15. The van der Waals surface area contributed by atoms with Gasteiger partial charge in [0.1, 0.15) is 6.61 Å². The Morgan fingerprint density at radius 2 is 1.80 bits per heavy atom. The summed E-state index contributed by atoms with van der Waals surface area (Å²) in [6.45, 7) is 7.02. The molecule has 0 aliphatic rings. The topological polar surface area (TPSA) is 26.3 Å². The van der Waals surface area contributed by atoms with Crippen LogP contribution in [-0.4, -0.2) is 19.0 Å². The zero-order valence-electron chi connectivity index (χ0n) is 9.62. The summed E-state index contributed by atoms with van der Waals surface area (Å²) in [4.78, 5) is 11.6. The molecule has 0 saturated heterocycles. The van der Waals surface area contributed by atoms with E-state index in [2.05, 4.69) is 20.8 Å². The maximum Gasteiger partial charge on any atom is 0.188 e. The first-order chi connectivity index (χ1) is 6.99. The van der Waals surface area contributed by atoms with E-state index in [1.54, 1.807) is 0 Å². The molecule has 0 aliphatic carbocycles. The van der Waals surface area contributed by atoms with Crippen molar-refractivity contribution in [3.63, 3.8) is 0 Å². The predicted molar refractivity (Wildman–Crippen MR) is 61.0 cm³/mol. The fraction of sp³-hybridized carbons (Fsp3) is 0.462. The maximum atomic E-state index is 11.6. The van der Waals surface area contributed by atoms with E-state index in [0.29, 0.717) is 12.2 Å². The minimum absolute atomic E-state index is 0.0415. The average molecular weight is 206 g/mol. The van der Waals surface area contributed by atoms with Crippen LogP contribution in [0.2, 0.25) is 0 Å². The van der Waals surface area contributed by atoms with Crippen LogP contribution in [0.15, 0.2) is 30.3 Å². The van der Waals surface area contributed by atoms with Gasteiger partial charge in [-0.15, -0.1) is 0 Å². The molecule has 0 N–H and O–H groups in total. The SMILES string of the molecule is CC(C)(C)COCC(=O)c1ccccc1. The minimum Gasteiger partial charge on any atom is -0.373 e. The second-order valence-electron chi connectivity index (χ2n) is 4.84. The second kappa shape index (κ2) is 5.08. The van der Waals surface area contributed by atoms with Crippen molar-refractivity contribution in [3.8, 4) is 0 Å². The van der Waals surface area contributed by atoms with Crippen LogP contribution in [0.1, 0.15) is 31.1 Å². The van der Waals surface area contributed by atoms with Crippen molar-refractivity contribution in [1.29, 1.82) is 0 Å². The predicted octanol–water partition coefficient (Wildman–Crippen LogP) is 2.93. The summed E-state index contributed by atoms with van der Waals surface area (Å²) in [6.07, 6.45) is 0. The number of carbonyl (C=O) groups is 1. The molecule has 1 aromatic carbocycles. The highest BCUT2D eigenvalue weighted by atomic mass is 16.5. The van der Waals surface area contributed by atoms with Gasteiger partial charge >= 0.3 is 0 Å². The minimum atomic E-state index is 0.0415. The summed E-state index contributed by atoms with van der Waals surface area (Å²) in [5, 5.41) is 0. The zero-order chi connectivity index (χ0) is 11.3. The highest BCUT2D eigenvalue weighted by Gasteiger charge is 2.12. The molecule has 2 nitrogen and oxygen atoms in total. The van der Waals surface area contributed by atoms with Gasteiger partial charge in [0.2, 0.25) is 0 Å². The lowest BCUT2D eigenvalue weighted by Crippen LogP contribution is -2.18. The van der Waals surface area contributed by atoms with Crippen LogP contribution >= 0.6 is 0 Å². The molecular formula is C13H18O2. The summed E-state index contributed by atoms with van der Waals surface area (Å²) in [6, 6.07) is 9.23. The van der Waals surface area contributed by atoms with Crippen LogP contribution in [0.5, 0.6) is 0 Å². The molecule has 82 valence electrons. The molecule has 0 saturated carbocycles. The van der Waals surface area contributed by atoms with Gasteiger partial charge in [-0.1, -0.05) is 51.1 Å². The third kappa shape index (κ3) is 4.75. The van der Waals surface area contributed by atoms with E-state index in [1.165, 1.54) is 0 Å². The molecule has 0 amide bonds. The van der Waals surface area contributed by atoms with Crippen molar-refractivity contribution >= 4 is 5.78 Å². The van der Waals surface area contributed by atoms with Crippen LogP contribution in [0, 0.1) is 5.41 Å². The first-order valence-electron chi connectivity index (χ1n) is 5.15. The Morgan fingerprint density at radius 3 is 2.33 bits per heavy atom. The van der Waals surface area contributed by atoms with Crippen molar-refractivity contribution in [2.75, 3.05) is 13.2 Å². The standard InChI is InChI=1S/C13H18O2/c1-13(2,3)10-15-9-12(14)11-7-5-4-6-8-11/h4-8H,9-10H2,1-3H3. The molecule has 0 unspecified atom stereocenters. The average Bonchev–Trinajstić information content (AvgIpc) is 2.17. The van der Waals surface area contributed by atoms with Gasteiger partial charge in [-0.3, -0.25) is 4.79 Å². The number of rotatable bonds is 4. The molecule has 0 atom stereocenters. The van der Waals surface area contributed by atoms with Crippen molar-refractivity contribution in [2.45, 2.75) is 20.8 Å².